The fourth-order valence-corrected chi connectivity index (χ4v) is 1.21. The van der Waals surface area contributed by atoms with E-state index in [4.69, 9.17) is 5.11 Å². The zero-order valence-corrected chi connectivity index (χ0v) is 7.36. The Hall–Kier alpha value is -0.280. The highest BCUT2D eigenvalue weighted by atomic mass is 35.5. The highest BCUT2D eigenvalue weighted by Gasteiger charge is 2.22. The van der Waals surface area contributed by atoms with E-state index in [1.165, 1.54) is 0 Å². The van der Waals surface area contributed by atoms with Gasteiger partial charge in [-0.15, -0.1) is 12.4 Å². The van der Waals surface area contributed by atoms with Gasteiger partial charge in [-0.25, -0.2) is 0 Å². The monoisotopic (exact) mass is 179 g/mol. The van der Waals surface area contributed by atoms with Crippen LogP contribution in [-0.2, 0) is 4.79 Å². The lowest BCUT2D eigenvalue weighted by Gasteiger charge is -2.24. The highest BCUT2D eigenvalue weighted by Crippen LogP contribution is 2.12. The lowest BCUT2D eigenvalue weighted by Crippen LogP contribution is -2.43. The molecule has 1 heterocycles. The summed E-state index contributed by atoms with van der Waals surface area (Å²) in [5.41, 5.74) is 0. The maximum atomic E-state index is 10.4. The van der Waals surface area contributed by atoms with E-state index in [1.807, 2.05) is 0 Å². The molecule has 11 heavy (non-hydrogen) atoms. The van der Waals surface area contributed by atoms with Crippen molar-refractivity contribution < 1.29 is 9.90 Å². The zero-order chi connectivity index (χ0) is 7.56. The second-order valence-corrected chi connectivity index (χ2v) is 2.98. The first-order valence-corrected chi connectivity index (χ1v) is 3.66. The molecule has 1 fully saturated rings. The van der Waals surface area contributed by atoms with Gasteiger partial charge < -0.3 is 10.4 Å². The summed E-state index contributed by atoms with van der Waals surface area (Å²) in [7, 11) is 0. The molecule has 66 valence electrons. The lowest BCUT2D eigenvalue weighted by atomic mass is 9.97. The standard InChI is InChI=1S/C7H13NO2.ClH/c1-5-2-3-6(7(9)10)8-4-5;/h5-6,8H,2-4H2,1H3,(H,9,10);1H. The van der Waals surface area contributed by atoms with E-state index in [9.17, 15) is 4.79 Å². The number of piperidine rings is 1. The van der Waals surface area contributed by atoms with Crippen LogP contribution < -0.4 is 5.32 Å². The van der Waals surface area contributed by atoms with Crippen LogP contribution in [-0.4, -0.2) is 23.7 Å². The van der Waals surface area contributed by atoms with Crippen LogP contribution in [0.25, 0.3) is 0 Å². The number of hydrogen-bond acceptors (Lipinski definition) is 2. The third-order valence-electron chi connectivity index (χ3n) is 1.96. The number of carboxylic acid groups (broad SMARTS) is 1. The lowest BCUT2D eigenvalue weighted by molar-refractivity contribution is -0.140. The molecule has 3 nitrogen and oxygen atoms in total. The van der Waals surface area contributed by atoms with E-state index < -0.39 is 5.97 Å². The molecule has 0 bridgehead atoms. The summed E-state index contributed by atoms with van der Waals surface area (Å²) in [4.78, 5) is 10.4. The molecule has 2 unspecified atom stereocenters. The second kappa shape index (κ2) is 4.57. The predicted octanol–water partition coefficient (Wildman–Crippen LogP) is 0.881. The van der Waals surface area contributed by atoms with Crippen LogP contribution in [0.1, 0.15) is 19.8 Å². The first-order valence-electron chi connectivity index (χ1n) is 3.66. The van der Waals surface area contributed by atoms with Crippen LogP contribution in [0, 0.1) is 5.92 Å². The smallest absolute Gasteiger partial charge is 0.320 e. The topological polar surface area (TPSA) is 49.3 Å². The molecular formula is C7H14ClNO2. The van der Waals surface area contributed by atoms with Crippen LogP contribution in [0.5, 0.6) is 0 Å². The first-order chi connectivity index (χ1) is 4.70. The number of halogens is 1. The molecule has 2 atom stereocenters. The van der Waals surface area contributed by atoms with Gasteiger partial charge in [-0.1, -0.05) is 6.92 Å². The van der Waals surface area contributed by atoms with Crippen molar-refractivity contribution in [3.63, 3.8) is 0 Å². The normalized spacial score (nSPS) is 30.6. The molecule has 0 saturated carbocycles. The van der Waals surface area contributed by atoms with Gasteiger partial charge in [0.15, 0.2) is 0 Å². The molecule has 0 aromatic rings. The van der Waals surface area contributed by atoms with Gasteiger partial charge >= 0.3 is 5.97 Å². The summed E-state index contributed by atoms with van der Waals surface area (Å²) in [6.45, 7) is 2.97. The van der Waals surface area contributed by atoms with Crippen molar-refractivity contribution in [2.45, 2.75) is 25.8 Å². The van der Waals surface area contributed by atoms with E-state index >= 15 is 0 Å². The molecule has 2 N–H and O–H groups in total. The van der Waals surface area contributed by atoms with E-state index in [2.05, 4.69) is 12.2 Å². The Kier molecular flexibility index (Phi) is 4.45. The molecule has 1 rings (SSSR count). The molecule has 1 aliphatic heterocycles. The number of aliphatic carboxylic acids is 1. The number of hydrogen-bond donors (Lipinski definition) is 2. The Morgan fingerprint density at radius 1 is 1.55 bits per heavy atom. The average molecular weight is 180 g/mol. The van der Waals surface area contributed by atoms with Crippen molar-refractivity contribution in [2.75, 3.05) is 6.54 Å². The van der Waals surface area contributed by atoms with Gasteiger partial charge in [-0.3, -0.25) is 4.79 Å². The minimum atomic E-state index is -0.716. The zero-order valence-electron chi connectivity index (χ0n) is 6.54. The number of nitrogens with one attached hydrogen (secondary N) is 1. The first kappa shape index (κ1) is 10.7. The molecule has 0 spiro atoms. The SMILES string of the molecule is CC1CCC(C(=O)O)NC1.Cl. The van der Waals surface area contributed by atoms with E-state index in [1.54, 1.807) is 0 Å². The third kappa shape index (κ3) is 3.08. The van der Waals surface area contributed by atoms with Crippen molar-refractivity contribution in [1.29, 1.82) is 0 Å². The maximum Gasteiger partial charge on any atom is 0.320 e. The van der Waals surface area contributed by atoms with Crippen LogP contribution in [0.2, 0.25) is 0 Å². The number of rotatable bonds is 1. The summed E-state index contributed by atoms with van der Waals surface area (Å²) in [5, 5.41) is 11.5. The number of carbonyl (C=O) groups is 1. The van der Waals surface area contributed by atoms with Gasteiger partial charge in [0.1, 0.15) is 6.04 Å². The van der Waals surface area contributed by atoms with E-state index in [0.717, 1.165) is 19.4 Å². The number of carboxylic acids is 1. The van der Waals surface area contributed by atoms with Gasteiger partial charge in [-0.2, -0.15) is 0 Å². The summed E-state index contributed by atoms with van der Waals surface area (Å²) < 4.78 is 0. The van der Waals surface area contributed by atoms with Crippen LogP contribution in [0.3, 0.4) is 0 Å². The minimum Gasteiger partial charge on any atom is -0.480 e. The Bertz CT molecular complexity index is 132. The van der Waals surface area contributed by atoms with Gasteiger partial charge in [0, 0.05) is 0 Å². The van der Waals surface area contributed by atoms with Gasteiger partial charge in [0.2, 0.25) is 0 Å². The molecular weight excluding hydrogens is 166 g/mol. The Balaban J connectivity index is 0.000001000. The maximum absolute atomic E-state index is 10.4. The quantitative estimate of drug-likeness (QED) is 0.629. The molecule has 1 aliphatic rings. The fourth-order valence-electron chi connectivity index (χ4n) is 1.21. The van der Waals surface area contributed by atoms with Gasteiger partial charge in [-0.05, 0) is 25.3 Å². The van der Waals surface area contributed by atoms with E-state index in [-0.39, 0.29) is 18.4 Å². The highest BCUT2D eigenvalue weighted by molar-refractivity contribution is 5.85. The summed E-state index contributed by atoms with van der Waals surface area (Å²) >= 11 is 0. The van der Waals surface area contributed by atoms with Crippen LogP contribution in [0.4, 0.5) is 0 Å². The van der Waals surface area contributed by atoms with Crippen molar-refractivity contribution in [3.05, 3.63) is 0 Å². The molecule has 0 aliphatic carbocycles. The van der Waals surface area contributed by atoms with Gasteiger partial charge in [0.05, 0.1) is 0 Å². The largest absolute Gasteiger partial charge is 0.480 e. The second-order valence-electron chi connectivity index (χ2n) is 2.98. The molecule has 0 amide bonds. The Morgan fingerprint density at radius 3 is 2.55 bits per heavy atom. The van der Waals surface area contributed by atoms with Crippen molar-refractivity contribution in [3.8, 4) is 0 Å². The van der Waals surface area contributed by atoms with E-state index in [0.29, 0.717) is 5.92 Å². The summed E-state index contributed by atoms with van der Waals surface area (Å²) in [6.07, 6.45) is 1.81. The average Bonchev–Trinajstić information content (AvgIpc) is 1.88. The Morgan fingerprint density at radius 2 is 2.18 bits per heavy atom. The predicted molar refractivity (Wildman–Crippen MR) is 45.1 cm³/mol. The summed E-state index contributed by atoms with van der Waals surface area (Å²) in [5.74, 6) is -0.0810. The minimum absolute atomic E-state index is 0. The molecule has 4 heteroatoms. The molecule has 1 saturated heterocycles. The van der Waals surface area contributed by atoms with Crippen molar-refractivity contribution >= 4 is 18.4 Å². The third-order valence-corrected chi connectivity index (χ3v) is 1.96. The van der Waals surface area contributed by atoms with Crippen molar-refractivity contribution in [2.24, 2.45) is 5.92 Å². The van der Waals surface area contributed by atoms with Crippen LogP contribution in [0.15, 0.2) is 0 Å². The molecule has 0 radical (unpaired) electrons. The fraction of sp³-hybridized carbons (Fsp3) is 0.857. The Labute approximate surface area is 72.6 Å². The van der Waals surface area contributed by atoms with Crippen LogP contribution >= 0.6 is 12.4 Å². The summed E-state index contributed by atoms with van der Waals surface area (Å²) in [6, 6.07) is -0.295. The molecule has 0 aromatic heterocycles. The van der Waals surface area contributed by atoms with Crippen molar-refractivity contribution in [1.82, 2.24) is 5.32 Å². The van der Waals surface area contributed by atoms with Gasteiger partial charge in [0.25, 0.3) is 0 Å². The molecule has 0 aromatic carbocycles.